The monoisotopic (exact) mass is 278 g/mol. The third-order valence-electron chi connectivity index (χ3n) is 2.94. The van der Waals surface area contributed by atoms with Gasteiger partial charge in [-0.1, -0.05) is 5.16 Å². The van der Waals surface area contributed by atoms with Gasteiger partial charge in [0, 0.05) is 5.56 Å². The minimum atomic E-state index is -1.24. The molecule has 0 fully saturated rings. The Morgan fingerprint density at radius 1 is 1.45 bits per heavy atom. The Morgan fingerprint density at radius 3 is 2.70 bits per heavy atom. The summed E-state index contributed by atoms with van der Waals surface area (Å²) in [4.78, 5) is 29.1. The van der Waals surface area contributed by atoms with E-state index in [0.29, 0.717) is 11.5 Å². The van der Waals surface area contributed by atoms with Crippen LogP contribution in [0, 0.1) is 13.8 Å². The molecule has 0 spiro atoms. The minimum absolute atomic E-state index is 0.156. The Balaban J connectivity index is 2.20. The van der Waals surface area contributed by atoms with Gasteiger partial charge in [0.15, 0.2) is 11.4 Å². The van der Waals surface area contributed by atoms with E-state index in [2.05, 4.69) is 20.4 Å². The van der Waals surface area contributed by atoms with Crippen molar-refractivity contribution in [3.8, 4) is 0 Å². The minimum Gasteiger partial charge on any atom is -0.477 e. The van der Waals surface area contributed by atoms with Crippen molar-refractivity contribution in [2.24, 2.45) is 0 Å². The SMILES string of the molecule is Cc1noc(C)c1C(C)NC(=O)c1nc[nH]c1C(=O)O. The summed E-state index contributed by atoms with van der Waals surface area (Å²) in [5.41, 5.74) is 1.05. The standard InChI is InChI=1S/C12H14N4O4/c1-5(8-6(2)16-20-7(8)3)15-11(17)9-10(12(18)19)14-4-13-9/h4-5H,1-3H3,(H,13,14)(H,15,17)(H,18,19). The van der Waals surface area contributed by atoms with Crippen LogP contribution in [0.1, 0.15) is 51.0 Å². The number of nitrogens with zero attached hydrogens (tertiary/aromatic N) is 2. The van der Waals surface area contributed by atoms with Crippen LogP contribution in [0.25, 0.3) is 0 Å². The van der Waals surface area contributed by atoms with Gasteiger partial charge >= 0.3 is 5.97 Å². The summed E-state index contributed by atoms with van der Waals surface area (Å²) in [5, 5.41) is 15.4. The van der Waals surface area contributed by atoms with E-state index in [0.717, 1.165) is 5.56 Å². The van der Waals surface area contributed by atoms with Crippen LogP contribution in [-0.4, -0.2) is 32.1 Å². The van der Waals surface area contributed by atoms with Gasteiger partial charge in [0.1, 0.15) is 5.76 Å². The summed E-state index contributed by atoms with van der Waals surface area (Å²) in [6, 6.07) is -0.368. The third-order valence-corrected chi connectivity index (χ3v) is 2.94. The average molecular weight is 278 g/mol. The average Bonchev–Trinajstić information content (AvgIpc) is 2.96. The topological polar surface area (TPSA) is 121 Å². The van der Waals surface area contributed by atoms with Crippen molar-refractivity contribution >= 4 is 11.9 Å². The summed E-state index contributed by atoms with van der Waals surface area (Å²) in [5.74, 6) is -1.20. The molecule has 2 rings (SSSR count). The first-order valence-electron chi connectivity index (χ1n) is 5.92. The van der Waals surface area contributed by atoms with Crippen molar-refractivity contribution in [1.82, 2.24) is 20.4 Å². The lowest BCUT2D eigenvalue weighted by atomic mass is 10.1. The summed E-state index contributed by atoms with van der Waals surface area (Å²) < 4.78 is 5.03. The normalized spacial score (nSPS) is 12.2. The Hall–Kier alpha value is -2.64. The van der Waals surface area contributed by atoms with Gasteiger partial charge in [0.25, 0.3) is 5.91 Å². The van der Waals surface area contributed by atoms with E-state index in [-0.39, 0.29) is 17.4 Å². The fourth-order valence-corrected chi connectivity index (χ4v) is 2.07. The van der Waals surface area contributed by atoms with Crippen molar-refractivity contribution in [3.05, 3.63) is 34.7 Å². The number of carbonyl (C=O) groups excluding carboxylic acids is 1. The molecule has 1 unspecified atom stereocenters. The Morgan fingerprint density at radius 2 is 2.15 bits per heavy atom. The number of hydrogen-bond acceptors (Lipinski definition) is 5. The zero-order valence-corrected chi connectivity index (χ0v) is 11.2. The van der Waals surface area contributed by atoms with Crippen LogP contribution >= 0.6 is 0 Å². The van der Waals surface area contributed by atoms with Crippen LogP contribution in [0.5, 0.6) is 0 Å². The number of H-pyrrole nitrogens is 1. The molecule has 0 radical (unpaired) electrons. The molecular weight excluding hydrogens is 264 g/mol. The van der Waals surface area contributed by atoms with Gasteiger partial charge in [0.05, 0.1) is 18.1 Å². The predicted molar refractivity (Wildman–Crippen MR) is 67.4 cm³/mol. The highest BCUT2D eigenvalue weighted by atomic mass is 16.5. The number of amides is 1. The first-order chi connectivity index (χ1) is 9.41. The van der Waals surface area contributed by atoms with Crippen LogP contribution < -0.4 is 5.32 Å². The number of aromatic carboxylic acids is 1. The van der Waals surface area contributed by atoms with E-state index < -0.39 is 11.9 Å². The van der Waals surface area contributed by atoms with Crippen molar-refractivity contribution in [2.75, 3.05) is 0 Å². The quantitative estimate of drug-likeness (QED) is 0.772. The lowest BCUT2D eigenvalue weighted by molar-refractivity contribution is 0.0684. The number of rotatable bonds is 4. The molecule has 2 aromatic heterocycles. The molecular formula is C12H14N4O4. The van der Waals surface area contributed by atoms with Crippen LogP contribution in [0.3, 0.4) is 0 Å². The number of nitrogens with one attached hydrogen (secondary N) is 2. The summed E-state index contributed by atoms with van der Waals surface area (Å²) in [6.07, 6.45) is 1.17. The first kappa shape index (κ1) is 13.8. The smallest absolute Gasteiger partial charge is 0.354 e. The van der Waals surface area contributed by atoms with Crippen LogP contribution in [0.4, 0.5) is 0 Å². The number of imidazole rings is 1. The first-order valence-corrected chi connectivity index (χ1v) is 5.92. The highest BCUT2D eigenvalue weighted by Crippen LogP contribution is 2.21. The largest absolute Gasteiger partial charge is 0.477 e. The Kier molecular flexibility index (Phi) is 3.55. The zero-order valence-electron chi connectivity index (χ0n) is 11.2. The van der Waals surface area contributed by atoms with Gasteiger partial charge in [-0.3, -0.25) is 4.79 Å². The number of carboxylic acid groups (broad SMARTS) is 1. The van der Waals surface area contributed by atoms with Gasteiger partial charge in [0.2, 0.25) is 0 Å². The van der Waals surface area contributed by atoms with E-state index >= 15 is 0 Å². The van der Waals surface area contributed by atoms with E-state index in [4.69, 9.17) is 9.63 Å². The van der Waals surface area contributed by atoms with Gasteiger partial charge < -0.3 is 19.9 Å². The van der Waals surface area contributed by atoms with Crippen molar-refractivity contribution < 1.29 is 19.2 Å². The number of aryl methyl sites for hydroxylation is 2. The van der Waals surface area contributed by atoms with Gasteiger partial charge in [-0.15, -0.1) is 0 Å². The van der Waals surface area contributed by atoms with Gasteiger partial charge in [-0.2, -0.15) is 0 Å². The lowest BCUT2D eigenvalue weighted by Gasteiger charge is -2.12. The predicted octanol–water partition coefficient (Wildman–Crippen LogP) is 1.20. The van der Waals surface area contributed by atoms with E-state index in [1.54, 1.807) is 20.8 Å². The number of aromatic amines is 1. The molecule has 0 bridgehead atoms. The number of aromatic nitrogens is 3. The second-order valence-electron chi connectivity index (χ2n) is 4.36. The highest BCUT2D eigenvalue weighted by molar-refractivity contribution is 6.02. The maximum atomic E-state index is 12.1. The molecule has 2 aromatic rings. The second kappa shape index (κ2) is 5.16. The Labute approximate surface area is 114 Å². The fraction of sp³-hybridized carbons (Fsp3) is 0.333. The molecule has 106 valence electrons. The van der Waals surface area contributed by atoms with Crippen LogP contribution in [-0.2, 0) is 0 Å². The van der Waals surface area contributed by atoms with Crippen molar-refractivity contribution in [2.45, 2.75) is 26.8 Å². The molecule has 0 aliphatic carbocycles. The molecule has 8 nitrogen and oxygen atoms in total. The molecule has 0 saturated carbocycles. The zero-order chi connectivity index (χ0) is 14.9. The van der Waals surface area contributed by atoms with Crippen molar-refractivity contribution in [1.29, 1.82) is 0 Å². The molecule has 8 heteroatoms. The molecule has 0 saturated heterocycles. The van der Waals surface area contributed by atoms with E-state index in [1.165, 1.54) is 6.33 Å². The molecule has 20 heavy (non-hydrogen) atoms. The number of carboxylic acids is 1. The fourth-order valence-electron chi connectivity index (χ4n) is 2.07. The third kappa shape index (κ3) is 2.40. The van der Waals surface area contributed by atoms with Crippen molar-refractivity contribution in [3.63, 3.8) is 0 Å². The Bertz CT molecular complexity index is 639. The summed E-state index contributed by atoms with van der Waals surface area (Å²) >= 11 is 0. The molecule has 3 N–H and O–H groups in total. The maximum absolute atomic E-state index is 12.1. The molecule has 2 heterocycles. The molecule has 0 aliphatic heterocycles. The number of carbonyl (C=O) groups is 2. The second-order valence-corrected chi connectivity index (χ2v) is 4.36. The van der Waals surface area contributed by atoms with Crippen LogP contribution in [0.2, 0.25) is 0 Å². The molecule has 0 aliphatic rings. The summed E-state index contributed by atoms with van der Waals surface area (Å²) in [7, 11) is 0. The molecule has 0 aromatic carbocycles. The maximum Gasteiger partial charge on any atom is 0.354 e. The molecule has 1 amide bonds. The van der Waals surface area contributed by atoms with E-state index in [1.807, 2.05) is 0 Å². The number of hydrogen-bond donors (Lipinski definition) is 3. The van der Waals surface area contributed by atoms with E-state index in [9.17, 15) is 9.59 Å². The van der Waals surface area contributed by atoms with Gasteiger partial charge in [-0.25, -0.2) is 9.78 Å². The summed E-state index contributed by atoms with van der Waals surface area (Å²) in [6.45, 7) is 5.28. The lowest BCUT2D eigenvalue weighted by Crippen LogP contribution is -2.29. The highest BCUT2D eigenvalue weighted by Gasteiger charge is 2.23. The molecule has 1 atom stereocenters. The van der Waals surface area contributed by atoms with Gasteiger partial charge in [-0.05, 0) is 20.8 Å². The van der Waals surface area contributed by atoms with Crippen LogP contribution in [0.15, 0.2) is 10.9 Å².